The Labute approximate surface area is 78.7 Å². The van der Waals surface area contributed by atoms with E-state index in [9.17, 15) is 0 Å². The molecule has 0 bridgehead atoms. The maximum atomic E-state index is 0. The van der Waals surface area contributed by atoms with Crippen LogP contribution in [0.25, 0.3) is 0 Å². The Morgan fingerprint density at radius 2 is 1.00 bits per heavy atom. The summed E-state index contributed by atoms with van der Waals surface area (Å²) >= 11 is 0. The van der Waals surface area contributed by atoms with Crippen LogP contribution in [0.5, 0.6) is 0 Å². The molecule has 0 aromatic heterocycles. The van der Waals surface area contributed by atoms with Gasteiger partial charge in [0.25, 0.3) is 0 Å². The van der Waals surface area contributed by atoms with Gasteiger partial charge >= 0.3 is 0 Å². The number of hydrogen-bond acceptors (Lipinski definition) is 0. The van der Waals surface area contributed by atoms with E-state index in [2.05, 4.69) is 0 Å². The van der Waals surface area contributed by atoms with Crippen LogP contribution < -0.4 is 0 Å². The normalized spacial score (nSPS) is 0. The molecule has 0 aliphatic rings. The van der Waals surface area contributed by atoms with Crippen molar-refractivity contribution in [3.63, 3.8) is 0 Å². The van der Waals surface area contributed by atoms with Crippen LogP contribution in [-0.4, -0.2) is 0 Å². The largest absolute Gasteiger partial charge is 0 e. The van der Waals surface area contributed by atoms with Crippen molar-refractivity contribution >= 4 is 0 Å². The molecule has 0 aromatic carbocycles. The molecule has 4 heavy (non-hydrogen) atoms. The zero-order chi connectivity index (χ0) is 0. The summed E-state index contributed by atoms with van der Waals surface area (Å²) in [5.41, 5.74) is 0. The molecule has 4 heteroatoms. The Balaban J connectivity index is 0. The summed E-state index contributed by atoms with van der Waals surface area (Å²) < 4.78 is 0. The Hall–Kier alpha value is 2.57. The molecule has 0 amide bonds. The maximum absolute atomic E-state index is 0. The SMILES string of the molecule is [Os].[Pt].[Rh].[Ru]. The molecule has 0 N–H and O–H groups in total. The fraction of sp³-hybridized carbons (Fsp3) is 0. The monoisotopic (exact) mass is 592 g/mol. The molecule has 0 heterocycles. The third-order valence-corrected chi connectivity index (χ3v) is 0. The summed E-state index contributed by atoms with van der Waals surface area (Å²) in [6, 6.07) is 0. The van der Waals surface area contributed by atoms with E-state index in [0.717, 1.165) is 0 Å². The van der Waals surface area contributed by atoms with Gasteiger partial charge in [0.1, 0.15) is 0 Å². The number of rotatable bonds is 0. The van der Waals surface area contributed by atoms with Gasteiger partial charge in [-0.15, -0.1) is 0 Å². The van der Waals surface area contributed by atoms with Gasteiger partial charge in [-0.1, -0.05) is 0 Å². The van der Waals surface area contributed by atoms with E-state index >= 15 is 0 Å². The zero-order valence-electron chi connectivity index (χ0n) is 1.36. The van der Waals surface area contributed by atoms with Gasteiger partial charge in [0.15, 0.2) is 0 Å². The molecule has 0 aliphatic carbocycles. The molecule has 0 rings (SSSR count). The second kappa shape index (κ2) is 17.6. The van der Waals surface area contributed by atoms with Crippen molar-refractivity contribution in [2.45, 2.75) is 0 Å². The van der Waals surface area contributed by atoms with Gasteiger partial charge in [0.05, 0.1) is 0 Å². The van der Waals surface area contributed by atoms with Crippen LogP contribution in [0.3, 0.4) is 0 Å². The predicted octanol–water partition coefficient (Wildman–Crippen LogP) is -0.0100. The van der Waals surface area contributed by atoms with E-state index < -0.39 is 0 Å². The minimum Gasteiger partial charge on any atom is 0 e. The second-order valence-electron chi connectivity index (χ2n) is 0. The van der Waals surface area contributed by atoms with Crippen LogP contribution in [0, 0.1) is 0 Å². The first-order chi connectivity index (χ1) is 0. The van der Waals surface area contributed by atoms with Crippen LogP contribution in [-0.2, 0) is 79.8 Å². The third-order valence-electron chi connectivity index (χ3n) is 0. The topological polar surface area (TPSA) is 0 Å². The van der Waals surface area contributed by atoms with E-state index in [1.54, 1.807) is 0 Å². The molecular weight excluding hydrogens is 589 g/mol. The molecular formula is OsPtRhRu. The van der Waals surface area contributed by atoms with E-state index in [1.165, 1.54) is 0 Å². The molecule has 1 radical (unpaired) electrons. The van der Waals surface area contributed by atoms with Gasteiger partial charge in [-0.3, -0.25) is 0 Å². The average Bonchev–Trinajstić information content (AvgIpc) is 0. The van der Waals surface area contributed by atoms with Crippen molar-refractivity contribution < 1.29 is 79.8 Å². The standard InChI is InChI=1S/Os.Pt.Rh.Ru. The zero-order valence-corrected chi connectivity index (χ0v) is 9.55. The van der Waals surface area contributed by atoms with Crippen molar-refractivity contribution in [2.75, 3.05) is 0 Å². The maximum Gasteiger partial charge on any atom is 0 e. The fourth-order valence-electron chi connectivity index (χ4n) is 0. The fourth-order valence-corrected chi connectivity index (χ4v) is 0. The Morgan fingerprint density at radius 1 is 1.00 bits per heavy atom. The molecule has 0 atom stereocenters. The van der Waals surface area contributed by atoms with E-state index in [0.29, 0.717) is 0 Å². The first-order valence-electron chi connectivity index (χ1n) is 0. The second-order valence-corrected chi connectivity index (χ2v) is 0. The molecule has 0 unspecified atom stereocenters. The summed E-state index contributed by atoms with van der Waals surface area (Å²) in [4.78, 5) is 0. The van der Waals surface area contributed by atoms with Gasteiger partial charge in [-0.05, 0) is 0 Å². The Bertz CT molecular complexity index is 8.00. The molecule has 0 saturated carbocycles. The van der Waals surface area contributed by atoms with Gasteiger partial charge in [0, 0.05) is 79.8 Å². The van der Waals surface area contributed by atoms with Crippen LogP contribution >= 0.6 is 0 Å². The first kappa shape index (κ1) is 30.8. The van der Waals surface area contributed by atoms with Crippen LogP contribution in [0.2, 0.25) is 0 Å². The molecule has 0 aromatic rings. The van der Waals surface area contributed by atoms with Crippen LogP contribution in [0.1, 0.15) is 0 Å². The molecule has 0 saturated heterocycles. The Kier molecular flexibility index (Phi) is 136. The number of hydrogen-bond donors (Lipinski definition) is 0. The van der Waals surface area contributed by atoms with Crippen molar-refractivity contribution in [1.29, 1.82) is 0 Å². The molecule has 35 valence electrons. The predicted molar refractivity (Wildman–Crippen MR) is 0 cm³/mol. The summed E-state index contributed by atoms with van der Waals surface area (Å²) in [6.07, 6.45) is 0. The quantitative estimate of drug-likeness (QED) is 0.349. The molecule has 0 nitrogen and oxygen atoms in total. The van der Waals surface area contributed by atoms with Crippen molar-refractivity contribution in [3.05, 3.63) is 0 Å². The average molecular weight is 589 g/mol. The van der Waals surface area contributed by atoms with Crippen molar-refractivity contribution in [1.82, 2.24) is 0 Å². The van der Waals surface area contributed by atoms with Crippen LogP contribution in [0.15, 0.2) is 0 Å². The Morgan fingerprint density at radius 3 is 1.00 bits per heavy atom. The van der Waals surface area contributed by atoms with Crippen molar-refractivity contribution in [2.24, 2.45) is 0 Å². The summed E-state index contributed by atoms with van der Waals surface area (Å²) in [6.45, 7) is 0. The van der Waals surface area contributed by atoms with Crippen molar-refractivity contribution in [3.8, 4) is 0 Å². The minimum atomic E-state index is 0. The van der Waals surface area contributed by atoms with Gasteiger partial charge in [-0.2, -0.15) is 0 Å². The van der Waals surface area contributed by atoms with E-state index in [-0.39, 0.29) is 79.8 Å². The van der Waals surface area contributed by atoms with E-state index in [1.807, 2.05) is 0 Å². The molecule has 0 fully saturated rings. The smallest absolute Gasteiger partial charge is 0 e. The molecule has 0 spiro atoms. The van der Waals surface area contributed by atoms with E-state index in [4.69, 9.17) is 0 Å². The first-order valence-corrected chi connectivity index (χ1v) is 0. The minimum absolute atomic E-state index is 0. The summed E-state index contributed by atoms with van der Waals surface area (Å²) in [5.74, 6) is 0. The molecule has 0 aliphatic heterocycles. The summed E-state index contributed by atoms with van der Waals surface area (Å²) in [5, 5.41) is 0. The third kappa shape index (κ3) is 8.82. The van der Waals surface area contributed by atoms with Gasteiger partial charge in [-0.25, -0.2) is 0 Å². The van der Waals surface area contributed by atoms with Gasteiger partial charge < -0.3 is 0 Å². The van der Waals surface area contributed by atoms with Crippen LogP contribution in [0.4, 0.5) is 0 Å². The summed E-state index contributed by atoms with van der Waals surface area (Å²) in [7, 11) is 0. The van der Waals surface area contributed by atoms with Gasteiger partial charge in [0.2, 0.25) is 0 Å².